The zero-order valence-corrected chi connectivity index (χ0v) is 28.7. The molecule has 2 amide bonds. The number of halogens is 6. The number of pyridine rings is 1. The van der Waals surface area contributed by atoms with Gasteiger partial charge in [0.05, 0.1) is 41.6 Å². The van der Waals surface area contributed by atoms with Crippen molar-refractivity contribution in [2.24, 2.45) is 0 Å². The number of carbonyl (C=O) groups is 2. The second kappa shape index (κ2) is 16.4. The maximum Gasteiger partial charge on any atom is 0.417 e. The molecule has 3 heterocycles. The van der Waals surface area contributed by atoms with E-state index in [9.17, 15) is 35.9 Å². The molecule has 2 saturated heterocycles. The molecule has 0 spiro atoms. The lowest BCUT2D eigenvalue weighted by Crippen LogP contribution is -2.66. The van der Waals surface area contributed by atoms with E-state index < -0.39 is 59.0 Å². The van der Waals surface area contributed by atoms with E-state index in [1.54, 1.807) is 12.0 Å². The minimum absolute atomic E-state index is 0.0111. The van der Waals surface area contributed by atoms with Gasteiger partial charge >= 0.3 is 12.4 Å². The van der Waals surface area contributed by atoms with Crippen molar-refractivity contribution in [1.29, 1.82) is 0 Å². The molecule has 1 unspecified atom stereocenters. The van der Waals surface area contributed by atoms with Crippen LogP contribution < -0.4 is 14.4 Å². The summed E-state index contributed by atoms with van der Waals surface area (Å²) in [6.45, 7) is 1.45. The van der Waals surface area contributed by atoms with E-state index in [0.29, 0.717) is 44.5 Å². The van der Waals surface area contributed by atoms with Crippen LogP contribution in [0.4, 0.5) is 32.0 Å². The van der Waals surface area contributed by atoms with E-state index in [2.05, 4.69) is 9.88 Å². The van der Waals surface area contributed by atoms with Crippen molar-refractivity contribution in [1.82, 2.24) is 14.8 Å². The number of hydrogen-bond donors (Lipinski definition) is 0. The standard InChI is InChI=1S/C36H40F6N4O6/c1-49-19-13-26-23-44(30-6-3-4-7-31(30)51-21-20-50-2)17-18-46(26)33(48)34(52-27-10-8-25(9-11-27)35(37,38)39)14-5-16-45(24-34)32(47)28-22-43-15-12-29(28)36(40,41)42/h3-4,6-12,15,22,26H,5,13-14,16-21,23-24H2,1-2H3/t26?,34-/m0/s1. The van der Waals surface area contributed by atoms with E-state index >= 15 is 0 Å². The van der Waals surface area contributed by atoms with E-state index in [1.807, 2.05) is 24.3 Å². The zero-order chi connectivity index (χ0) is 37.5. The van der Waals surface area contributed by atoms with Crippen LogP contribution in [0.1, 0.15) is 40.7 Å². The maximum absolute atomic E-state index is 14.9. The first kappa shape index (κ1) is 38.7. The fraction of sp³-hybridized carbons (Fsp3) is 0.472. The molecule has 0 bridgehead atoms. The molecule has 0 N–H and O–H groups in total. The number of piperazine rings is 1. The van der Waals surface area contributed by atoms with Gasteiger partial charge in [-0.15, -0.1) is 0 Å². The Morgan fingerprint density at radius 1 is 0.885 bits per heavy atom. The first-order chi connectivity index (χ1) is 24.8. The highest BCUT2D eigenvalue weighted by molar-refractivity contribution is 5.96. The number of piperidine rings is 1. The molecular weight excluding hydrogens is 698 g/mol. The third-order valence-electron chi connectivity index (χ3n) is 9.13. The highest BCUT2D eigenvalue weighted by Crippen LogP contribution is 2.38. The summed E-state index contributed by atoms with van der Waals surface area (Å²) in [5, 5.41) is 0. The second-order valence-corrected chi connectivity index (χ2v) is 12.6. The molecular formula is C36H40F6N4O6. The molecule has 282 valence electrons. The number of likely N-dealkylation sites (tertiary alicyclic amines) is 1. The number of methoxy groups -OCH3 is 2. The van der Waals surface area contributed by atoms with Crippen molar-refractivity contribution in [2.45, 2.75) is 43.3 Å². The van der Waals surface area contributed by atoms with E-state index in [1.165, 1.54) is 7.11 Å². The summed E-state index contributed by atoms with van der Waals surface area (Å²) in [6.07, 6.45) is -7.11. The number of aromatic nitrogens is 1. The SMILES string of the molecule is COCCOc1ccccc1N1CCN(C(=O)[C@]2(Oc3ccc(C(F)(F)F)cc3)CCCN(C(=O)c3cnccc3C(F)(F)F)C2)C(CCOC)C1. The van der Waals surface area contributed by atoms with Crippen LogP contribution in [0, 0.1) is 0 Å². The molecule has 5 rings (SSSR count). The number of amides is 2. The summed E-state index contributed by atoms with van der Waals surface area (Å²) >= 11 is 0. The molecule has 3 aromatic rings. The average Bonchev–Trinajstić information content (AvgIpc) is 3.13. The molecule has 1 aromatic heterocycles. The predicted octanol–water partition coefficient (Wildman–Crippen LogP) is 5.95. The summed E-state index contributed by atoms with van der Waals surface area (Å²) in [4.78, 5) is 37.2. The summed E-state index contributed by atoms with van der Waals surface area (Å²) in [5.74, 6) is -0.985. The van der Waals surface area contributed by atoms with E-state index in [4.69, 9.17) is 18.9 Å². The Labute approximate surface area is 297 Å². The fourth-order valence-corrected chi connectivity index (χ4v) is 6.60. The van der Waals surface area contributed by atoms with Crippen molar-refractivity contribution >= 4 is 17.5 Å². The van der Waals surface area contributed by atoms with Gasteiger partial charge in [-0.25, -0.2) is 0 Å². The van der Waals surface area contributed by atoms with Crippen LogP contribution in [0.15, 0.2) is 67.0 Å². The van der Waals surface area contributed by atoms with Crippen LogP contribution in [0.5, 0.6) is 11.5 Å². The van der Waals surface area contributed by atoms with Crippen molar-refractivity contribution in [3.05, 3.63) is 83.7 Å². The van der Waals surface area contributed by atoms with Crippen LogP contribution in [-0.2, 0) is 26.6 Å². The maximum atomic E-state index is 14.9. The van der Waals surface area contributed by atoms with E-state index in [0.717, 1.165) is 47.2 Å². The van der Waals surface area contributed by atoms with Gasteiger partial charge < -0.3 is 33.6 Å². The molecule has 2 aliphatic rings. The summed E-state index contributed by atoms with van der Waals surface area (Å²) < 4.78 is 105. The smallest absolute Gasteiger partial charge is 0.417 e. The number of alkyl halides is 6. The largest absolute Gasteiger partial charge is 0.489 e. The van der Waals surface area contributed by atoms with Crippen LogP contribution in [0.25, 0.3) is 0 Å². The molecule has 2 aliphatic heterocycles. The lowest BCUT2D eigenvalue weighted by atomic mass is 9.88. The summed E-state index contributed by atoms with van der Waals surface area (Å²) in [6, 6.07) is 11.5. The van der Waals surface area contributed by atoms with Gasteiger partial charge in [0.1, 0.15) is 18.1 Å². The Morgan fingerprint density at radius 2 is 1.62 bits per heavy atom. The average molecular weight is 739 g/mol. The third kappa shape index (κ3) is 8.89. The van der Waals surface area contributed by atoms with Gasteiger partial charge in [-0.3, -0.25) is 14.6 Å². The topological polar surface area (TPSA) is 93.7 Å². The first-order valence-corrected chi connectivity index (χ1v) is 16.7. The van der Waals surface area contributed by atoms with Crippen molar-refractivity contribution < 1.29 is 54.9 Å². The Morgan fingerprint density at radius 3 is 2.31 bits per heavy atom. The Kier molecular flexibility index (Phi) is 12.2. The number of para-hydroxylation sites is 2. The van der Waals surface area contributed by atoms with Crippen molar-refractivity contribution in [3.8, 4) is 11.5 Å². The highest BCUT2D eigenvalue weighted by atomic mass is 19.4. The second-order valence-electron chi connectivity index (χ2n) is 12.6. The molecule has 0 aliphatic carbocycles. The van der Waals surface area contributed by atoms with E-state index in [-0.39, 0.29) is 38.3 Å². The summed E-state index contributed by atoms with van der Waals surface area (Å²) in [5.41, 5.74) is -3.84. The Balaban J connectivity index is 1.48. The fourth-order valence-electron chi connectivity index (χ4n) is 6.60. The van der Waals surface area contributed by atoms with Gasteiger partial charge in [0.25, 0.3) is 11.8 Å². The van der Waals surface area contributed by atoms with Gasteiger partial charge in [0.2, 0.25) is 5.60 Å². The molecule has 0 saturated carbocycles. The quantitative estimate of drug-likeness (QED) is 0.166. The molecule has 16 heteroatoms. The van der Waals surface area contributed by atoms with Gasteiger partial charge in [-0.05, 0) is 61.7 Å². The van der Waals surface area contributed by atoms with Crippen molar-refractivity contribution in [3.63, 3.8) is 0 Å². The Bertz CT molecular complexity index is 1670. The molecule has 52 heavy (non-hydrogen) atoms. The number of ether oxygens (including phenoxy) is 4. The number of benzene rings is 2. The van der Waals surface area contributed by atoms with Crippen molar-refractivity contribution in [2.75, 3.05) is 71.7 Å². The van der Waals surface area contributed by atoms with Crippen LogP contribution in [-0.4, -0.2) is 105 Å². The van der Waals surface area contributed by atoms with Crippen LogP contribution >= 0.6 is 0 Å². The zero-order valence-electron chi connectivity index (χ0n) is 28.7. The monoisotopic (exact) mass is 738 g/mol. The normalized spacial score (nSPS) is 19.8. The molecule has 2 fully saturated rings. The minimum Gasteiger partial charge on any atom is -0.489 e. The molecule has 0 radical (unpaired) electrons. The number of carbonyl (C=O) groups excluding carboxylic acids is 2. The Hall–Kier alpha value is -4.57. The molecule has 2 aromatic carbocycles. The molecule has 10 nitrogen and oxygen atoms in total. The predicted molar refractivity (Wildman–Crippen MR) is 177 cm³/mol. The molecule has 2 atom stereocenters. The van der Waals surface area contributed by atoms with Gasteiger partial charge in [-0.2, -0.15) is 26.3 Å². The minimum atomic E-state index is -4.85. The third-order valence-corrected chi connectivity index (χ3v) is 9.13. The van der Waals surface area contributed by atoms with Crippen LogP contribution in [0.2, 0.25) is 0 Å². The number of hydrogen-bond acceptors (Lipinski definition) is 8. The van der Waals surface area contributed by atoms with Gasteiger partial charge in [0.15, 0.2) is 0 Å². The summed E-state index contributed by atoms with van der Waals surface area (Å²) in [7, 11) is 3.10. The lowest BCUT2D eigenvalue weighted by Gasteiger charge is -2.48. The number of nitrogens with zero attached hydrogens (tertiary/aromatic N) is 4. The number of rotatable bonds is 12. The highest BCUT2D eigenvalue weighted by Gasteiger charge is 2.51. The van der Waals surface area contributed by atoms with Gasteiger partial charge in [-0.1, -0.05) is 12.1 Å². The van der Waals surface area contributed by atoms with Crippen LogP contribution in [0.3, 0.4) is 0 Å². The van der Waals surface area contributed by atoms with Gasteiger partial charge in [0, 0.05) is 59.4 Å². The lowest BCUT2D eigenvalue weighted by molar-refractivity contribution is -0.156. The first-order valence-electron chi connectivity index (χ1n) is 16.7. The number of anilines is 1.